The van der Waals surface area contributed by atoms with E-state index in [0.717, 1.165) is 0 Å². The van der Waals surface area contributed by atoms with Crippen molar-refractivity contribution in [1.82, 2.24) is 9.55 Å². The lowest BCUT2D eigenvalue weighted by atomic mass is 10.3. The Labute approximate surface area is 90.7 Å². The third kappa shape index (κ3) is 1.95. The minimum absolute atomic E-state index is 0.242. The fourth-order valence-electron chi connectivity index (χ4n) is 1.51. The van der Waals surface area contributed by atoms with Crippen LogP contribution in [0.4, 0.5) is 0 Å². The summed E-state index contributed by atoms with van der Waals surface area (Å²) >= 11 is 0. The zero-order valence-electron chi connectivity index (χ0n) is 8.55. The van der Waals surface area contributed by atoms with E-state index in [9.17, 15) is 9.59 Å². The number of amides is 1. The molecule has 0 atom stereocenters. The van der Waals surface area contributed by atoms with Crippen molar-refractivity contribution >= 4 is 17.1 Å². The van der Waals surface area contributed by atoms with Gasteiger partial charge in [0.15, 0.2) is 11.2 Å². The first-order valence-electron chi connectivity index (χ1n) is 4.91. The number of carbonyl (C=O) groups is 1. The Kier molecular flexibility index (Phi) is 2.72. The lowest BCUT2D eigenvalue weighted by molar-refractivity contribution is -0.118. The second-order valence-corrected chi connectivity index (χ2v) is 3.41. The molecule has 2 aromatic heterocycles. The molecule has 16 heavy (non-hydrogen) atoms. The van der Waals surface area contributed by atoms with E-state index in [1.807, 2.05) is 0 Å². The van der Waals surface area contributed by atoms with Gasteiger partial charge >= 0.3 is 5.76 Å². The topological polar surface area (TPSA) is 91.1 Å². The van der Waals surface area contributed by atoms with Gasteiger partial charge in [-0.3, -0.25) is 9.36 Å². The predicted octanol–water partition coefficient (Wildman–Crippen LogP) is 0.255. The lowest BCUT2D eigenvalue weighted by Crippen LogP contribution is -2.17. The van der Waals surface area contributed by atoms with Crippen LogP contribution in [0.15, 0.2) is 27.5 Å². The highest BCUT2D eigenvalue weighted by Gasteiger charge is 2.09. The zero-order chi connectivity index (χ0) is 11.5. The number of fused-ring (bicyclic) bond motifs is 1. The van der Waals surface area contributed by atoms with Crippen LogP contribution in [0.5, 0.6) is 0 Å². The van der Waals surface area contributed by atoms with Gasteiger partial charge in [0, 0.05) is 19.2 Å². The minimum Gasteiger partial charge on any atom is -0.406 e. The largest absolute Gasteiger partial charge is 0.421 e. The fourth-order valence-corrected chi connectivity index (χ4v) is 1.51. The van der Waals surface area contributed by atoms with Crippen molar-refractivity contribution in [3.8, 4) is 0 Å². The Morgan fingerprint density at radius 1 is 1.56 bits per heavy atom. The van der Waals surface area contributed by atoms with Crippen molar-refractivity contribution in [2.75, 3.05) is 0 Å². The third-order valence-corrected chi connectivity index (χ3v) is 2.23. The Morgan fingerprint density at radius 3 is 3.12 bits per heavy atom. The summed E-state index contributed by atoms with van der Waals surface area (Å²) in [4.78, 5) is 26.1. The van der Waals surface area contributed by atoms with Gasteiger partial charge in [-0.05, 0) is 18.6 Å². The second-order valence-electron chi connectivity index (χ2n) is 3.41. The van der Waals surface area contributed by atoms with Gasteiger partial charge < -0.3 is 10.2 Å². The van der Waals surface area contributed by atoms with E-state index in [4.69, 9.17) is 10.2 Å². The molecule has 2 heterocycles. The summed E-state index contributed by atoms with van der Waals surface area (Å²) in [7, 11) is 0. The Balaban J connectivity index is 2.26. The first-order valence-corrected chi connectivity index (χ1v) is 4.91. The standard InChI is InChI=1S/C10H11N3O3/c11-8(14)4-2-6-13-9-7(16-10(13)15)3-1-5-12-9/h1,3,5H,2,4,6H2,(H2,11,14). The minimum atomic E-state index is -0.460. The molecule has 84 valence electrons. The molecule has 6 heteroatoms. The number of aryl methyl sites for hydroxylation is 1. The van der Waals surface area contributed by atoms with E-state index in [1.165, 1.54) is 4.57 Å². The molecule has 0 aliphatic carbocycles. The van der Waals surface area contributed by atoms with Crippen molar-refractivity contribution in [1.29, 1.82) is 0 Å². The number of pyridine rings is 1. The summed E-state index contributed by atoms with van der Waals surface area (Å²) in [5, 5.41) is 0. The molecule has 0 saturated carbocycles. The molecule has 0 spiro atoms. The Hall–Kier alpha value is -2.11. The highest BCUT2D eigenvalue weighted by atomic mass is 16.4. The summed E-state index contributed by atoms with van der Waals surface area (Å²) in [5.41, 5.74) is 5.96. The maximum atomic E-state index is 11.5. The summed E-state index contributed by atoms with van der Waals surface area (Å²) in [6.07, 6.45) is 2.33. The SMILES string of the molecule is NC(=O)CCCn1c(=O)oc2cccnc21. The van der Waals surface area contributed by atoms with E-state index in [2.05, 4.69) is 4.98 Å². The van der Waals surface area contributed by atoms with Gasteiger partial charge in [0.05, 0.1) is 0 Å². The van der Waals surface area contributed by atoms with Crippen LogP contribution in [0, 0.1) is 0 Å². The van der Waals surface area contributed by atoms with Crippen LogP contribution >= 0.6 is 0 Å². The van der Waals surface area contributed by atoms with Gasteiger partial charge in [-0.1, -0.05) is 0 Å². The maximum Gasteiger partial charge on any atom is 0.421 e. The molecule has 0 radical (unpaired) electrons. The highest BCUT2D eigenvalue weighted by molar-refractivity contribution is 5.73. The van der Waals surface area contributed by atoms with E-state index < -0.39 is 5.76 Å². The van der Waals surface area contributed by atoms with Gasteiger partial charge in [0.25, 0.3) is 0 Å². The number of nitrogens with two attached hydrogens (primary N) is 1. The first kappa shape index (κ1) is 10.4. The smallest absolute Gasteiger partial charge is 0.406 e. The van der Waals surface area contributed by atoms with Crippen molar-refractivity contribution in [2.45, 2.75) is 19.4 Å². The summed E-state index contributed by atoms with van der Waals surface area (Å²) in [6.45, 7) is 0.381. The predicted molar refractivity (Wildman–Crippen MR) is 56.7 cm³/mol. The van der Waals surface area contributed by atoms with Crippen LogP contribution in [-0.4, -0.2) is 15.5 Å². The highest BCUT2D eigenvalue weighted by Crippen LogP contribution is 2.09. The van der Waals surface area contributed by atoms with Crippen LogP contribution in [-0.2, 0) is 11.3 Å². The van der Waals surface area contributed by atoms with E-state index in [-0.39, 0.29) is 12.3 Å². The quantitative estimate of drug-likeness (QED) is 0.801. The van der Waals surface area contributed by atoms with Gasteiger partial charge in [0.2, 0.25) is 5.91 Å². The number of aromatic nitrogens is 2. The molecule has 1 amide bonds. The van der Waals surface area contributed by atoms with Crippen molar-refractivity contribution in [3.63, 3.8) is 0 Å². The van der Waals surface area contributed by atoms with Crippen LogP contribution in [0.1, 0.15) is 12.8 Å². The molecule has 0 saturated heterocycles. The molecule has 0 aliphatic rings. The van der Waals surface area contributed by atoms with Crippen molar-refractivity contribution in [2.24, 2.45) is 5.73 Å². The average Bonchev–Trinajstić information content (AvgIpc) is 2.55. The molecular weight excluding hydrogens is 210 g/mol. The van der Waals surface area contributed by atoms with Crippen LogP contribution < -0.4 is 11.5 Å². The number of hydrogen-bond donors (Lipinski definition) is 1. The van der Waals surface area contributed by atoms with Crippen LogP contribution in [0.25, 0.3) is 11.2 Å². The molecule has 6 nitrogen and oxygen atoms in total. The molecular formula is C10H11N3O3. The van der Waals surface area contributed by atoms with E-state index in [0.29, 0.717) is 24.2 Å². The molecule has 0 unspecified atom stereocenters. The number of carbonyl (C=O) groups excluding carboxylic acids is 1. The van der Waals surface area contributed by atoms with Crippen LogP contribution in [0.2, 0.25) is 0 Å². The number of oxazole rings is 1. The Bertz CT molecular complexity index is 570. The van der Waals surface area contributed by atoms with Gasteiger partial charge in [-0.25, -0.2) is 9.78 Å². The normalized spacial score (nSPS) is 10.8. The van der Waals surface area contributed by atoms with Crippen molar-refractivity contribution < 1.29 is 9.21 Å². The Morgan fingerprint density at radius 2 is 2.38 bits per heavy atom. The molecule has 2 rings (SSSR count). The number of primary amides is 1. The fraction of sp³-hybridized carbons (Fsp3) is 0.300. The molecule has 0 aromatic carbocycles. The van der Waals surface area contributed by atoms with Gasteiger partial charge in [-0.15, -0.1) is 0 Å². The third-order valence-electron chi connectivity index (χ3n) is 2.23. The second kappa shape index (κ2) is 4.18. The summed E-state index contributed by atoms with van der Waals surface area (Å²) in [6, 6.07) is 3.37. The van der Waals surface area contributed by atoms with Crippen LogP contribution in [0.3, 0.4) is 0 Å². The number of rotatable bonds is 4. The van der Waals surface area contributed by atoms with Gasteiger partial charge in [0.1, 0.15) is 0 Å². The molecule has 0 fully saturated rings. The molecule has 0 aliphatic heterocycles. The average molecular weight is 221 g/mol. The lowest BCUT2D eigenvalue weighted by Gasteiger charge is -1.98. The maximum absolute atomic E-state index is 11.5. The van der Waals surface area contributed by atoms with Crippen molar-refractivity contribution in [3.05, 3.63) is 28.9 Å². The molecule has 0 bridgehead atoms. The van der Waals surface area contributed by atoms with E-state index >= 15 is 0 Å². The first-order chi connectivity index (χ1) is 7.68. The molecule has 2 N–H and O–H groups in total. The summed E-state index contributed by atoms with van der Waals surface area (Å²) < 4.78 is 6.39. The number of nitrogens with zero attached hydrogens (tertiary/aromatic N) is 2. The molecule has 2 aromatic rings. The monoisotopic (exact) mass is 221 g/mol. The van der Waals surface area contributed by atoms with E-state index in [1.54, 1.807) is 18.3 Å². The van der Waals surface area contributed by atoms with Gasteiger partial charge in [-0.2, -0.15) is 0 Å². The summed E-state index contributed by atoms with van der Waals surface area (Å²) in [5.74, 6) is -0.841. The number of hydrogen-bond acceptors (Lipinski definition) is 4. The zero-order valence-corrected chi connectivity index (χ0v) is 8.55.